The monoisotopic (exact) mass is 204 g/mol. The fourth-order valence-corrected chi connectivity index (χ4v) is 1.50. The molecule has 1 aromatic carbocycles. The van der Waals surface area contributed by atoms with Gasteiger partial charge in [0, 0.05) is 5.92 Å². The Bertz CT molecular complexity index is 341. The van der Waals surface area contributed by atoms with Crippen molar-refractivity contribution in [2.24, 2.45) is 5.92 Å². The minimum absolute atomic E-state index is 0.0578. The van der Waals surface area contributed by atoms with Crippen LogP contribution in [0.1, 0.15) is 25.5 Å². The quantitative estimate of drug-likeness (QED) is 0.604. The lowest BCUT2D eigenvalue weighted by molar-refractivity contribution is -0.104. The molecular weight excluding hydrogens is 188 g/mol. The van der Waals surface area contributed by atoms with Crippen LogP contribution in [0.3, 0.4) is 0 Å². The van der Waals surface area contributed by atoms with Crippen LogP contribution in [-0.4, -0.2) is 11.4 Å². The molecule has 80 valence electrons. The molecule has 2 nitrogen and oxygen atoms in total. The first kappa shape index (κ1) is 11.7. The van der Waals surface area contributed by atoms with Crippen LogP contribution >= 0.6 is 0 Å². The molecule has 0 aliphatic heterocycles. The van der Waals surface area contributed by atoms with Gasteiger partial charge in [-0.2, -0.15) is 0 Å². The van der Waals surface area contributed by atoms with E-state index >= 15 is 0 Å². The largest absolute Gasteiger partial charge is 0.388 e. The van der Waals surface area contributed by atoms with Gasteiger partial charge in [0.05, 0.1) is 6.10 Å². The van der Waals surface area contributed by atoms with Gasteiger partial charge in [-0.25, -0.2) is 0 Å². The van der Waals surface area contributed by atoms with Crippen LogP contribution in [0.25, 0.3) is 0 Å². The molecule has 2 atom stereocenters. The molecule has 0 amide bonds. The molecule has 0 fully saturated rings. The highest BCUT2D eigenvalue weighted by atomic mass is 16.3. The van der Waals surface area contributed by atoms with Gasteiger partial charge in [0.15, 0.2) is 0 Å². The summed E-state index contributed by atoms with van der Waals surface area (Å²) in [5.41, 5.74) is 1.53. The summed E-state index contributed by atoms with van der Waals surface area (Å²) < 4.78 is 0. The van der Waals surface area contributed by atoms with Gasteiger partial charge in [0.1, 0.15) is 6.29 Å². The van der Waals surface area contributed by atoms with E-state index in [-0.39, 0.29) is 5.92 Å². The number of aliphatic hydroxyl groups is 1. The molecule has 1 aromatic rings. The Hall–Kier alpha value is -1.41. The molecule has 2 heteroatoms. The summed E-state index contributed by atoms with van der Waals surface area (Å²) in [6.07, 6.45) is 2.03. The lowest BCUT2D eigenvalue weighted by Crippen LogP contribution is -2.07. The van der Waals surface area contributed by atoms with Gasteiger partial charge in [-0.05, 0) is 18.1 Å². The third kappa shape index (κ3) is 3.33. The molecule has 0 heterocycles. The Morgan fingerprint density at radius 2 is 1.93 bits per heavy atom. The first-order valence-corrected chi connectivity index (χ1v) is 5.01. The van der Waals surface area contributed by atoms with Crippen LogP contribution in [-0.2, 0) is 4.79 Å². The summed E-state index contributed by atoms with van der Waals surface area (Å²) >= 11 is 0. The second-order valence-electron chi connectivity index (χ2n) is 3.74. The van der Waals surface area contributed by atoms with Crippen molar-refractivity contribution in [1.29, 1.82) is 0 Å². The van der Waals surface area contributed by atoms with Crippen molar-refractivity contribution < 1.29 is 9.90 Å². The summed E-state index contributed by atoms with van der Waals surface area (Å²) in [4.78, 5) is 10.4. The molecule has 0 aromatic heterocycles. The maximum atomic E-state index is 10.4. The molecule has 0 unspecified atom stereocenters. The van der Waals surface area contributed by atoms with Gasteiger partial charge in [-0.3, -0.25) is 4.79 Å². The molecule has 0 radical (unpaired) electrons. The van der Waals surface area contributed by atoms with Gasteiger partial charge in [0.25, 0.3) is 0 Å². The summed E-state index contributed by atoms with van der Waals surface area (Å²) in [6, 6.07) is 9.45. The second kappa shape index (κ2) is 5.47. The topological polar surface area (TPSA) is 37.3 Å². The number of carbonyl (C=O) groups excluding carboxylic acids is 1. The molecule has 0 aliphatic rings. The highest BCUT2D eigenvalue weighted by Crippen LogP contribution is 2.22. The number of rotatable bonds is 4. The van der Waals surface area contributed by atoms with Gasteiger partial charge in [0.2, 0.25) is 0 Å². The standard InChI is InChI=1S/C13H16O2/c1-10(9-14)8-11(2)13(15)12-6-4-3-5-7-12/h3-9,11,13,15H,1-2H3/b10-8+/t11-,13-/m1/s1. The number of aldehydes is 1. The summed E-state index contributed by atoms with van der Waals surface area (Å²) in [5.74, 6) is -0.0578. The maximum absolute atomic E-state index is 10.4. The Labute approximate surface area is 90.3 Å². The van der Waals surface area contributed by atoms with Crippen LogP contribution in [0.4, 0.5) is 0 Å². The molecule has 15 heavy (non-hydrogen) atoms. The molecule has 0 saturated carbocycles. The number of benzene rings is 1. The normalized spacial score (nSPS) is 15.8. The van der Waals surface area contributed by atoms with E-state index in [1.54, 1.807) is 13.0 Å². The van der Waals surface area contributed by atoms with Crippen LogP contribution in [0.15, 0.2) is 42.0 Å². The number of hydrogen-bond acceptors (Lipinski definition) is 2. The number of allylic oxidation sites excluding steroid dienone is 1. The average molecular weight is 204 g/mol. The third-order valence-corrected chi connectivity index (χ3v) is 2.35. The van der Waals surface area contributed by atoms with Crippen molar-refractivity contribution in [3.05, 3.63) is 47.5 Å². The lowest BCUT2D eigenvalue weighted by atomic mass is 9.96. The number of carbonyl (C=O) groups is 1. The van der Waals surface area contributed by atoms with E-state index in [1.165, 1.54) is 0 Å². The maximum Gasteiger partial charge on any atom is 0.145 e. The highest BCUT2D eigenvalue weighted by molar-refractivity contribution is 5.72. The molecular formula is C13H16O2. The number of hydrogen-bond donors (Lipinski definition) is 1. The number of aliphatic hydroxyl groups excluding tert-OH is 1. The summed E-state index contributed by atoms with van der Waals surface area (Å²) in [7, 11) is 0. The Kier molecular flexibility index (Phi) is 4.25. The van der Waals surface area contributed by atoms with Crippen molar-refractivity contribution in [1.82, 2.24) is 0 Å². The molecule has 1 N–H and O–H groups in total. The molecule has 0 bridgehead atoms. The first-order valence-electron chi connectivity index (χ1n) is 5.01. The van der Waals surface area contributed by atoms with E-state index in [4.69, 9.17) is 0 Å². The third-order valence-electron chi connectivity index (χ3n) is 2.35. The van der Waals surface area contributed by atoms with Crippen molar-refractivity contribution in [2.45, 2.75) is 20.0 Å². The van der Waals surface area contributed by atoms with Crippen LogP contribution in [0.2, 0.25) is 0 Å². The first-order chi connectivity index (χ1) is 7.15. The SMILES string of the molecule is C/C(C=O)=C\[C@@H](C)[C@@H](O)c1ccccc1. The molecule has 0 spiro atoms. The molecule has 0 aliphatic carbocycles. The van der Waals surface area contributed by atoms with E-state index in [9.17, 15) is 9.90 Å². The zero-order valence-corrected chi connectivity index (χ0v) is 9.05. The lowest BCUT2D eigenvalue weighted by Gasteiger charge is -2.16. The minimum Gasteiger partial charge on any atom is -0.388 e. The fraction of sp³-hybridized carbons (Fsp3) is 0.308. The van der Waals surface area contributed by atoms with Crippen molar-refractivity contribution in [3.63, 3.8) is 0 Å². The summed E-state index contributed by atoms with van der Waals surface area (Å²) in [6.45, 7) is 3.63. The van der Waals surface area contributed by atoms with Crippen molar-refractivity contribution in [2.75, 3.05) is 0 Å². The Morgan fingerprint density at radius 1 is 1.33 bits per heavy atom. The van der Waals surface area contributed by atoms with E-state index < -0.39 is 6.10 Å². The van der Waals surface area contributed by atoms with Gasteiger partial charge < -0.3 is 5.11 Å². The van der Waals surface area contributed by atoms with E-state index in [0.29, 0.717) is 5.57 Å². The van der Waals surface area contributed by atoms with Crippen LogP contribution < -0.4 is 0 Å². The Morgan fingerprint density at radius 3 is 2.47 bits per heavy atom. The van der Waals surface area contributed by atoms with E-state index in [0.717, 1.165) is 11.8 Å². The fourth-order valence-electron chi connectivity index (χ4n) is 1.50. The average Bonchev–Trinajstić information content (AvgIpc) is 2.29. The van der Waals surface area contributed by atoms with Crippen LogP contribution in [0.5, 0.6) is 0 Å². The smallest absolute Gasteiger partial charge is 0.145 e. The molecule has 0 saturated heterocycles. The molecule has 1 rings (SSSR count). The van der Waals surface area contributed by atoms with Crippen molar-refractivity contribution in [3.8, 4) is 0 Å². The zero-order valence-electron chi connectivity index (χ0n) is 9.05. The highest BCUT2D eigenvalue weighted by Gasteiger charge is 2.13. The predicted octanol–water partition coefficient (Wildman–Crippen LogP) is 2.50. The summed E-state index contributed by atoms with van der Waals surface area (Å²) in [5, 5.41) is 9.97. The van der Waals surface area contributed by atoms with E-state index in [2.05, 4.69) is 0 Å². The van der Waals surface area contributed by atoms with Gasteiger partial charge in [-0.1, -0.05) is 43.3 Å². The predicted molar refractivity (Wildman–Crippen MR) is 60.4 cm³/mol. The van der Waals surface area contributed by atoms with Gasteiger partial charge in [-0.15, -0.1) is 0 Å². The second-order valence-corrected chi connectivity index (χ2v) is 3.74. The van der Waals surface area contributed by atoms with Crippen LogP contribution in [0, 0.1) is 5.92 Å². The zero-order chi connectivity index (χ0) is 11.3. The van der Waals surface area contributed by atoms with Crippen molar-refractivity contribution >= 4 is 6.29 Å². The van der Waals surface area contributed by atoms with Gasteiger partial charge >= 0.3 is 0 Å². The minimum atomic E-state index is -0.555. The Balaban J connectivity index is 2.77. The van der Waals surface area contributed by atoms with E-state index in [1.807, 2.05) is 37.3 Å².